The van der Waals surface area contributed by atoms with Crippen molar-refractivity contribution in [1.82, 2.24) is 0 Å². The van der Waals surface area contributed by atoms with Gasteiger partial charge in [0.1, 0.15) is 11.9 Å². The van der Waals surface area contributed by atoms with Gasteiger partial charge in [0.25, 0.3) is 0 Å². The van der Waals surface area contributed by atoms with Crippen LogP contribution in [0, 0.1) is 6.92 Å². The molecule has 2 N–H and O–H groups in total. The van der Waals surface area contributed by atoms with Crippen molar-refractivity contribution in [2.75, 3.05) is 5.73 Å². The molecular weight excluding hydrogens is 174 g/mol. The van der Waals surface area contributed by atoms with Crippen molar-refractivity contribution in [2.24, 2.45) is 0 Å². The van der Waals surface area contributed by atoms with Crippen molar-refractivity contribution in [2.45, 2.75) is 40.2 Å². The zero-order chi connectivity index (χ0) is 10.7. The second-order valence-electron chi connectivity index (χ2n) is 3.45. The Balaban J connectivity index is 0.000000461. The third kappa shape index (κ3) is 2.00. The third-order valence-corrected chi connectivity index (χ3v) is 2.28. The molecule has 2 heteroatoms. The minimum atomic E-state index is 0.307. The van der Waals surface area contributed by atoms with Gasteiger partial charge in [0, 0.05) is 12.1 Å². The quantitative estimate of drug-likeness (QED) is 0.643. The number of anilines is 1. The predicted molar refractivity (Wildman–Crippen MR) is 60.7 cm³/mol. The van der Waals surface area contributed by atoms with Gasteiger partial charge in [0.15, 0.2) is 0 Å². The molecule has 0 aromatic heterocycles. The summed E-state index contributed by atoms with van der Waals surface area (Å²) in [5.41, 5.74) is 8.99. The highest BCUT2D eigenvalue weighted by molar-refractivity contribution is 5.55. The van der Waals surface area contributed by atoms with Crippen LogP contribution in [-0.4, -0.2) is 6.10 Å². The van der Waals surface area contributed by atoms with E-state index in [0.29, 0.717) is 6.10 Å². The Labute approximate surface area is 86.1 Å². The summed E-state index contributed by atoms with van der Waals surface area (Å²) in [5, 5.41) is 0. The number of benzene rings is 1. The molecule has 78 valence electrons. The molecule has 14 heavy (non-hydrogen) atoms. The SMILES string of the molecule is CC.Cc1cc2c(cc1N)CC(C)O2. The number of rotatable bonds is 0. The number of fused-ring (bicyclic) bond motifs is 1. The van der Waals surface area contributed by atoms with E-state index in [1.165, 1.54) is 5.56 Å². The Kier molecular flexibility index (Phi) is 3.39. The predicted octanol–water partition coefficient (Wildman–Crippen LogP) is 2.93. The molecule has 0 amide bonds. The number of ether oxygens (including phenoxy) is 1. The molecule has 0 saturated carbocycles. The molecule has 1 aromatic carbocycles. The maximum atomic E-state index is 5.78. The molecule has 0 radical (unpaired) electrons. The molecule has 0 saturated heterocycles. The van der Waals surface area contributed by atoms with Gasteiger partial charge in [-0.2, -0.15) is 0 Å². The summed E-state index contributed by atoms with van der Waals surface area (Å²) in [4.78, 5) is 0. The van der Waals surface area contributed by atoms with E-state index in [9.17, 15) is 0 Å². The fourth-order valence-corrected chi connectivity index (χ4v) is 1.58. The first-order valence-electron chi connectivity index (χ1n) is 5.22. The molecule has 1 heterocycles. The zero-order valence-electron chi connectivity index (χ0n) is 9.42. The van der Waals surface area contributed by atoms with E-state index in [1.807, 2.05) is 32.9 Å². The molecule has 1 atom stereocenters. The molecule has 0 aliphatic carbocycles. The van der Waals surface area contributed by atoms with Gasteiger partial charge in [-0.1, -0.05) is 13.8 Å². The van der Waals surface area contributed by atoms with Crippen LogP contribution in [0.25, 0.3) is 0 Å². The van der Waals surface area contributed by atoms with Gasteiger partial charge < -0.3 is 10.5 Å². The lowest BCUT2D eigenvalue weighted by Crippen LogP contribution is -2.05. The summed E-state index contributed by atoms with van der Waals surface area (Å²) >= 11 is 0. The van der Waals surface area contributed by atoms with Crippen LogP contribution in [-0.2, 0) is 6.42 Å². The highest BCUT2D eigenvalue weighted by atomic mass is 16.5. The first kappa shape index (κ1) is 10.9. The van der Waals surface area contributed by atoms with Crippen LogP contribution in [0.2, 0.25) is 0 Å². The van der Waals surface area contributed by atoms with Gasteiger partial charge in [-0.25, -0.2) is 0 Å². The lowest BCUT2D eigenvalue weighted by Gasteiger charge is -2.04. The van der Waals surface area contributed by atoms with Crippen molar-refractivity contribution in [3.05, 3.63) is 23.3 Å². The molecule has 2 rings (SSSR count). The Bertz CT molecular complexity index is 289. The number of hydrogen-bond donors (Lipinski definition) is 1. The van der Waals surface area contributed by atoms with Crippen molar-refractivity contribution < 1.29 is 4.74 Å². The Hall–Kier alpha value is -1.18. The number of nitrogen functional groups attached to an aromatic ring is 1. The molecule has 2 nitrogen and oxygen atoms in total. The molecule has 0 fully saturated rings. The largest absolute Gasteiger partial charge is 0.490 e. The van der Waals surface area contributed by atoms with Gasteiger partial charge in [-0.05, 0) is 37.1 Å². The maximum Gasteiger partial charge on any atom is 0.123 e. The second kappa shape index (κ2) is 4.36. The first-order chi connectivity index (χ1) is 6.66. The van der Waals surface area contributed by atoms with E-state index < -0.39 is 0 Å². The fraction of sp³-hybridized carbons (Fsp3) is 0.500. The van der Waals surface area contributed by atoms with Crippen molar-refractivity contribution in [3.63, 3.8) is 0 Å². The summed E-state index contributed by atoms with van der Waals surface area (Å²) in [6, 6.07) is 4.04. The second-order valence-corrected chi connectivity index (χ2v) is 3.45. The molecule has 0 spiro atoms. The van der Waals surface area contributed by atoms with Gasteiger partial charge >= 0.3 is 0 Å². The van der Waals surface area contributed by atoms with Crippen molar-refractivity contribution >= 4 is 5.69 Å². The van der Waals surface area contributed by atoms with Crippen LogP contribution in [0.3, 0.4) is 0 Å². The highest BCUT2D eigenvalue weighted by Gasteiger charge is 2.19. The normalized spacial score (nSPS) is 17.9. The Morgan fingerprint density at radius 1 is 1.36 bits per heavy atom. The first-order valence-corrected chi connectivity index (χ1v) is 5.22. The van der Waals surface area contributed by atoms with Gasteiger partial charge in [-0.15, -0.1) is 0 Å². The smallest absolute Gasteiger partial charge is 0.123 e. The van der Waals surface area contributed by atoms with Gasteiger partial charge in [0.2, 0.25) is 0 Å². The zero-order valence-corrected chi connectivity index (χ0v) is 9.42. The fourth-order valence-electron chi connectivity index (χ4n) is 1.58. The summed E-state index contributed by atoms with van der Waals surface area (Å²) in [6.07, 6.45) is 1.29. The van der Waals surface area contributed by atoms with E-state index in [4.69, 9.17) is 10.5 Å². The standard InChI is InChI=1S/C10H13NO.C2H6/c1-6-3-10-8(5-9(6)11)4-7(2)12-10;1-2/h3,5,7H,4,11H2,1-2H3;1-2H3. The topological polar surface area (TPSA) is 35.2 Å². The minimum absolute atomic E-state index is 0.307. The number of hydrogen-bond acceptors (Lipinski definition) is 2. The van der Waals surface area contributed by atoms with E-state index in [1.54, 1.807) is 0 Å². The summed E-state index contributed by atoms with van der Waals surface area (Å²) < 4.78 is 5.59. The van der Waals surface area contributed by atoms with Crippen LogP contribution in [0.15, 0.2) is 12.1 Å². The van der Waals surface area contributed by atoms with Crippen LogP contribution in [0.5, 0.6) is 5.75 Å². The van der Waals surface area contributed by atoms with E-state index in [2.05, 4.69) is 6.92 Å². The van der Waals surface area contributed by atoms with Crippen LogP contribution >= 0.6 is 0 Å². The van der Waals surface area contributed by atoms with Gasteiger partial charge in [-0.3, -0.25) is 0 Å². The molecular formula is C12H19NO. The summed E-state index contributed by atoms with van der Waals surface area (Å²) in [7, 11) is 0. The van der Waals surface area contributed by atoms with Crippen molar-refractivity contribution in [3.8, 4) is 5.75 Å². The van der Waals surface area contributed by atoms with Crippen LogP contribution in [0.4, 0.5) is 5.69 Å². The molecule has 1 unspecified atom stereocenters. The van der Waals surface area contributed by atoms with E-state index >= 15 is 0 Å². The number of aryl methyl sites for hydroxylation is 1. The highest BCUT2D eigenvalue weighted by Crippen LogP contribution is 2.32. The molecule has 1 aromatic rings. The molecule has 1 aliphatic heterocycles. The minimum Gasteiger partial charge on any atom is -0.490 e. The van der Waals surface area contributed by atoms with Gasteiger partial charge in [0.05, 0.1) is 0 Å². The van der Waals surface area contributed by atoms with E-state index in [-0.39, 0.29) is 0 Å². The summed E-state index contributed by atoms with van der Waals surface area (Å²) in [6.45, 7) is 8.08. The maximum absolute atomic E-state index is 5.78. The van der Waals surface area contributed by atoms with Crippen LogP contribution in [0.1, 0.15) is 31.9 Å². The Morgan fingerprint density at radius 2 is 2.00 bits per heavy atom. The van der Waals surface area contributed by atoms with Crippen molar-refractivity contribution in [1.29, 1.82) is 0 Å². The average molecular weight is 193 g/mol. The van der Waals surface area contributed by atoms with E-state index in [0.717, 1.165) is 23.4 Å². The molecule has 1 aliphatic rings. The average Bonchev–Trinajstić information content (AvgIpc) is 2.49. The Morgan fingerprint density at radius 3 is 2.64 bits per heavy atom. The lowest BCUT2D eigenvalue weighted by molar-refractivity contribution is 0.254. The number of nitrogens with two attached hydrogens (primary N) is 1. The molecule has 0 bridgehead atoms. The monoisotopic (exact) mass is 193 g/mol. The third-order valence-electron chi connectivity index (χ3n) is 2.28. The summed E-state index contributed by atoms with van der Waals surface area (Å²) in [5.74, 6) is 1.01. The lowest BCUT2D eigenvalue weighted by atomic mass is 10.1. The van der Waals surface area contributed by atoms with Crippen LogP contribution < -0.4 is 10.5 Å².